The van der Waals surface area contributed by atoms with Crippen molar-refractivity contribution in [1.82, 2.24) is 15.2 Å². The first kappa shape index (κ1) is 14.6. The molecule has 0 radical (unpaired) electrons. The van der Waals surface area contributed by atoms with E-state index in [2.05, 4.69) is 39.5 Å². The number of hydrogen-bond donors (Lipinski definition) is 2. The maximum Gasteiger partial charge on any atom is 0.191 e. The molecule has 0 saturated carbocycles. The zero-order chi connectivity index (χ0) is 13.1. The lowest BCUT2D eigenvalue weighted by Gasteiger charge is -2.11. The smallest absolute Gasteiger partial charge is 0.191 e. The number of rotatable bonds is 8. The first-order chi connectivity index (χ1) is 8.86. The standard InChI is InChI=1S/C13H24N4O/c1-3-14-13(16-8-12-18-4-2)15-7-11-17-9-5-6-10-17/h5-6,9-10H,3-4,7-8,11-12H2,1-2H3,(H2,14,15,16). The van der Waals surface area contributed by atoms with Crippen LogP contribution < -0.4 is 10.6 Å². The second kappa shape index (κ2) is 9.53. The normalized spacial score (nSPS) is 11.6. The SMILES string of the molecule is CCNC(=NCCOCC)NCCn1cccc1. The molecule has 0 unspecified atom stereocenters. The summed E-state index contributed by atoms with van der Waals surface area (Å²) >= 11 is 0. The van der Waals surface area contributed by atoms with E-state index < -0.39 is 0 Å². The molecule has 2 N–H and O–H groups in total. The van der Waals surface area contributed by atoms with E-state index in [1.807, 2.05) is 19.1 Å². The lowest BCUT2D eigenvalue weighted by Crippen LogP contribution is -2.39. The lowest BCUT2D eigenvalue weighted by molar-refractivity contribution is 0.155. The summed E-state index contributed by atoms with van der Waals surface area (Å²) < 4.78 is 7.39. The van der Waals surface area contributed by atoms with Crippen molar-refractivity contribution in [2.75, 3.05) is 32.8 Å². The molecule has 5 heteroatoms. The quantitative estimate of drug-likeness (QED) is 0.413. The van der Waals surface area contributed by atoms with Crippen LogP contribution in [0, 0.1) is 0 Å². The Hall–Kier alpha value is -1.49. The van der Waals surface area contributed by atoms with Gasteiger partial charge in [0.2, 0.25) is 0 Å². The van der Waals surface area contributed by atoms with Crippen molar-refractivity contribution >= 4 is 5.96 Å². The van der Waals surface area contributed by atoms with E-state index in [1.54, 1.807) is 0 Å². The molecule has 0 aliphatic rings. The minimum atomic E-state index is 0.671. The first-order valence-electron chi connectivity index (χ1n) is 6.57. The van der Waals surface area contributed by atoms with Crippen LogP contribution in [0.3, 0.4) is 0 Å². The summed E-state index contributed by atoms with van der Waals surface area (Å²) in [6, 6.07) is 4.06. The number of ether oxygens (including phenoxy) is 1. The monoisotopic (exact) mass is 252 g/mol. The van der Waals surface area contributed by atoms with Crippen molar-refractivity contribution in [2.45, 2.75) is 20.4 Å². The van der Waals surface area contributed by atoms with Crippen LogP contribution in [0.2, 0.25) is 0 Å². The molecule has 0 spiro atoms. The van der Waals surface area contributed by atoms with Crippen LogP contribution in [0.25, 0.3) is 0 Å². The van der Waals surface area contributed by atoms with E-state index in [-0.39, 0.29) is 0 Å². The van der Waals surface area contributed by atoms with Crippen molar-refractivity contribution in [2.24, 2.45) is 4.99 Å². The highest BCUT2D eigenvalue weighted by Crippen LogP contribution is 1.88. The van der Waals surface area contributed by atoms with Crippen LogP contribution in [0.5, 0.6) is 0 Å². The summed E-state index contributed by atoms with van der Waals surface area (Å²) in [6.07, 6.45) is 4.11. The molecule has 0 aromatic carbocycles. The van der Waals surface area contributed by atoms with Gasteiger partial charge in [-0.1, -0.05) is 0 Å². The van der Waals surface area contributed by atoms with Crippen molar-refractivity contribution in [3.8, 4) is 0 Å². The number of guanidine groups is 1. The fourth-order valence-electron chi connectivity index (χ4n) is 1.53. The van der Waals surface area contributed by atoms with E-state index in [9.17, 15) is 0 Å². The fraction of sp³-hybridized carbons (Fsp3) is 0.615. The Morgan fingerprint density at radius 2 is 2.00 bits per heavy atom. The Labute approximate surface area is 109 Å². The molecule has 1 aromatic rings. The summed E-state index contributed by atoms with van der Waals surface area (Å²) in [4.78, 5) is 4.43. The summed E-state index contributed by atoms with van der Waals surface area (Å²) in [5.74, 6) is 0.851. The van der Waals surface area contributed by atoms with Gasteiger partial charge in [-0.2, -0.15) is 0 Å². The van der Waals surface area contributed by atoms with E-state index in [0.29, 0.717) is 13.2 Å². The molecule has 0 fully saturated rings. The third-order valence-corrected chi connectivity index (χ3v) is 2.38. The van der Waals surface area contributed by atoms with E-state index in [4.69, 9.17) is 4.74 Å². The number of hydrogen-bond acceptors (Lipinski definition) is 2. The first-order valence-corrected chi connectivity index (χ1v) is 6.57. The Morgan fingerprint density at radius 1 is 1.22 bits per heavy atom. The van der Waals surface area contributed by atoms with Crippen molar-refractivity contribution in [1.29, 1.82) is 0 Å². The molecule has 0 amide bonds. The van der Waals surface area contributed by atoms with Crippen LogP contribution in [0.1, 0.15) is 13.8 Å². The highest BCUT2D eigenvalue weighted by molar-refractivity contribution is 5.79. The van der Waals surface area contributed by atoms with Gasteiger partial charge in [0, 0.05) is 38.6 Å². The van der Waals surface area contributed by atoms with Gasteiger partial charge in [-0.05, 0) is 26.0 Å². The van der Waals surface area contributed by atoms with Crippen LogP contribution in [0.15, 0.2) is 29.5 Å². The largest absolute Gasteiger partial charge is 0.380 e. The Bertz CT molecular complexity index is 322. The molecule has 0 bridgehead atoms. The average molecular weight is 252 g/mol. The molecule has 0 saturated heterocycles. The molecule has 1 rings (SSSR count). The van der Waals surface area contributed by atoms with E-state index >= 15 is 0 Å². The van der Waals surface area contributed by atoms with Crippen LogP contribution in [-0.2, 0) is 11.3 Å². The number of aliphatic imine (C=N–C) groups is 1. The van der Waals surface area contributed by atoms with E-state index in [0.717, 1.165) is 32.2 Å². The lowest BCUT2D eigenvalue weighted by atomic mass is 10.6. The Morgan fingerprint density at radius 3 is 2.67 bits per heavy atom. The summed E-state index contributed by atoms with van der Waals surface area (Å²) in [7, 11) is 0. The molecular weight excluding hydrogens is 228 g/mol. The number of aromatic nitrogens is 1. The molecule has 5 nitrogen and oxygen atoms in total. The summed E-state index contributed by atoms with van der Waals surface area (Å²) in [6.45, 7) is 8.81. The molecule has 1 aromatic heterocycles. The summed E-state index contributed by atoms with van der Waals surface area (Å²) in [5.41, 5.74) is 0. The van der Waals surface area contributed by atoms with Crippen LogP contribution in [0.4, 0.5) is 0 Å². The maximum absolute atomic E-state index is 5.26. The number of nitrogens with zero attached hydrogens (tertiary/aromatic N) is 2. The highest BCUT2D eigenvalue weighted by Gasteiger charge is 1.96. The van der Waals surface area contributed by atoms with Crippen molar-refractivity contribution in [3.63, 3.8) is 0 Å². The number of nitrogens with one attached hydrogen (secondary N) is 2. The van der Waals surface area contributed by atoms with Gasteiger partial charge in [0.1, 0.15) is 0 Å². The third-order valence-electron chi connectivity index (χ3n) is 2.38. The van der Waals surface area contributed by atoms with Crippen molar-refractivity contribution < 1.29 is 4.74 Å². The van der Waals surface area contributed by atoms with Gasteiger partial charge in [-0.25, -0.2) is 0 Å². The Balaban J connectivity index is 2.23. The van der Waals surface area contributed by atoms with Crippen LogP contribution >= 0.6 is 0 Å². The second-order valence-corrected chi connectivity index (χ2v) is 3.81. The minimum Gasteiger partial charge on any atom is -0.380 e. The van der Waals surface area contributed by atoms with Crippen molar-refractivity contribution in [3.05, 3.63) is 24.5 Å². The highest BCUT2D eigenvalue weighted by atomic mass is 16.5. The molecule has 0 atom stereocenters. The predicted octanol–water partition coefficient (Wildman–Crippen LogP) is 1.08. The van der Waals surface area contributed by atoms with Gasteiger partial charge >= 0.3 is 0 Å². The van der Waals surface area contributed by atoms with Gasteiger partial charge in [0.25, 0.3) is 0 Å². The van der Waals surface area contributed by atoms with Gasteiger partial charge in [0.05, 0.1) is 13.2 Å². The fourth-order valence-corrected chi connectivity index (χ4v) is 1.53. The van der Waals surface area contributed by atoms with E-state index in [1.165, 1.54) is 0 Å². The predicted molar refractivity (Wildman–Crippen MR) is 74.9 cm³/mol. The molecule has 18 heavy (non-hydrogen) atoms. The second-order valence-electron chi connectivity index (χ2n) is 3.81. The van der Waals surface area contributed by atoms with Gasteiger partial charge < -0.3 is 19.9 Å². The Kier molecular flexibility index (Phi) is 7.72. The minimum absolute atomic E-state index is 0.671. The molecule has 0 aliphatic heterocycles. The van der Waals surface area contributed by atoms with Crippen LogP contribution in [-0.4, -0.2) is 43.4 Å². The third kappa shape index (κ3) is 6.30. The molecule has 1 heterocycles. The zero-order valence-electron chi connectivity index (χ0n) is 11.4. The zero-order valence-corrected chi connectivity index (χ0v) is 11.4. The summed E-state index contributed by atoms with van der Waals surface area (Å²) in [5, 5.41) is 6.51. The van der Waals surface area contributed by atoms with Gasteiger partial charge in [0.15, 0.2) is 5.96 Å². The molecule has 0 aliphatic carbocycles. The maximum atomic E-state index is 5.26. The van der Waals surface area contributed by atoms with Gasteiger partial charge in [-0.3, -0.25) is 4.99 Å². The molecular formula is C13H24N4O. The molecule has 102 valence electrons. The topological polar surface area (TPSA) is 50.6 Å². The average Bonchev–Trinajstić information content (AvgIpc) is 2.87. The van der Waals surface area contributed by atoms with Gasteiger partial charge in [-0.15, -0.1) is 0 Å².